The average Bonchev–Trinajstić information content (AvgIpc) is 2.88. The Kier molecular flexibility index (Phi) is 4.16. The average molecular weight is 274 g/mol. The van der Waals surface area contributed by atoms with E-state index in [9.17, 15) is 0 Å². The van der Waals surface area contributed by atoms with Crippen LogP contribution in [0.5, 0.6) is 0 Å². The van der Waals surface area contributed by atoms with Crippen molar-refractivity contribution < 1.29 is 0 Å². The third-order valence-electron chi connectivity index (χ3n) is 2.88. The summed E-state index contributed by atoms with van der Waals surface area (Å²) in [7, 11) is 0. The smallest absolute Gasteiger partial charge is 0.129 e. The van der Waals surface area contributed by atoms with Gasteiger partial charge in [0.1, 0.15) is 11.7 Å². The molecule has 0 amide bonds. The fourth-order valence-electron chi connectivity index (χ4n) is 1.84. The lowest BCUT2D eigenvalue weighted by Gasteiger charge is -2.27. The molecule has 0 spiro atoms. The van der Waals surface area contributed by atoms with E-state index in [1.54, 1.807) is 23.6 Å². The van der Waals surface area contributed by atoms with Crippen LogP contribution in [0.2, 0.25) is 0 Å². The summed E-state index contributed by atoms with van der Waals surface area (Å²) in [5.41, 5.74) is 6.24. The van der Waals surface area contributed by atoms with Crippen LogP contribution in [-0.2, 0) is 6.54 Å². The Morgan fingerprint density at radius 2 is 2.26 bits per heavy atom. The number of aromatic nitrogens is 1. The Morgan fingerprint density at radius 3 is 2.84 bits per heavy atom. The van der Waals surface area contributed by atoms with Crippen molar-refractivity contribution in [3.8, 4) is 0 Å². The molecule has 0 aromatic carbocycles. The fraction of sp³-hybridized carbons (Fsp3) is 0.286. The summed E-state index contributed by atoms with van der Waals surface area (Å²) in [6.07, 6.45) is 1.70. The van der Waals surface area contributed by atoms with Crippen LogP contribution in [0.25, 0.3) is 0 Å². The van der Waals surface area contributed by atoms with E-state index >= 15 is 0 Å². The van der Waals surface area contributed by atoms with Gasteiger partial charge in [-0.05, 0) is 37.4 Å². The molecule has 0 fully saturated rings. The third-order valence-corrected chi connectivity index (χ3v) is 3.74. The molecule has 100 valence electrons. The molecular weight excluding hydrogens is 256 g/mol. The minimum absolute atomic E-state index is 0.0727. The van der Waals surface area contributed by atoms with Crippen molar-refractivity contribution >= 4 is 23.0 Å². The molecule has 0 saturated carbocycles. The summed E-state index contributed by atoms with van der Waals surface area (Å²) in [4.78, 5) is 7.90. The first-order chi connectivity index (χ1) is 9.08. The van der Waals surface area contributed by atoms with Crippen molar-refractivity contribution in [1.29, 1.82) is 5.41 Å². The minimum Gasteiger partial charge on any atom is -0.384 e. The van der Waals surface area contributed by atoms with Gasteiger partial charge in [-0.25, -0.2) is 4.98 Å². The Labute approximate surface area is 117 Å². The van der Waals surface area contributed by atoms with Gasteiger partial charge >= 0.3 is 0 Å². The van der Waals surface area contributed by atoms with Gasteiger partial charge in [-0.3, -0.25) is 5.41 Å². The molecule has 0 unspecified atom stereocenters. The van der Waals surface area contributed by atoms with Crippen molar-refractivity contribution in [3.63, 3.8) is 0 Å². The molecule has 0 saturated heterocycles. The summed E-state index contributed by atoms with van der Waals surface area (Å²) in [5, 5.41) is 9.59. The standard InChI is InChI=1S/C14H18N4S/c1-10(2)18(9-12-4-3-7-19-12)13-8-11(14(15)16)5-6-17-13/h3-8,10H,9H2,1-2H3,(H3,15,16). The molecule has 3 N–H and O–H groups in total. The van der Waals surface area contributed by atoms with Gasteiger partial charge in [0.25, 0.3) is 0 Å². The lowest BCUT2D eigenvalue weighted by molar-refractivity contribution is 0.677. The number of rotatable bonds is 5. The van der Waals surface area contributed by atoms with E-state index in [4.69, 9.17) is 11.1 Å². The molecule has 2 aromatic heterocycles. The zero-order valence-electron chi connectivity index (χ0n) is 11.1. The van der Waals surface area contributed by atoms with E-state index in [1.807, 2.05) is 6.07 Å². The van der Waals surface area contributed by atoms with E-state index in [0.717, 1.165) is 12.4 Å². The summed E-state index contributed by atoms with van der Waals surface area (Å²) in [6, 6.07) is 8.13. The van der Waals surface area contributed by atoms with Crippen LogP contribution in [0, 0.1) is 5.41 Å². The predicted octanol–water partition coefficient (Wildman–Crippen LogP) is 2.84. The van der Waals surface area contributed by atoms with Crippen molar-refractivity contribution in [2.75, 3.05) is 4.90 Å². The van der Waals surface area contributed by atoms with Crippen LogP contribution >= 0.6 is 11.3 Å². The van der Waals surface area contributed by atoms with Crippen molar-refractivity contribution in [2.45, 2.75) is 26.4 Å². The largest absolute Gasteiger partial charge is 0.384 e. The van der Waals surface area contributed by atoms with Crippen molar-refractivity contribution in [2.24, 2.45) is 5.73 Å². The lowest BCUT2D eigenvalue weighted by atomic mass is 10.2. The maximum atomic E-state index is 7.51. The van der Waals surface area contributed by atoms with Gasteiger partial charge in [0.05, 0.1) is 6.54 Å². The second-order valence-electron chi connectivity index (χ2n) is 4.62. The molecular formula is C14H18N4S. The van der Waals surface area contributed by atoms with Crippen LogP contribution in [0.3, 0.4) is 0 Å². The number of nitrogens with two attached hydrogens (primary N) is 1. The van der Waals surface area contributed by atoms with Crippen molar-refractivity contribution in [1.82, 2.24) is 4.98 Å². The molecule has 2 heterocycles. The molecule has 2 aromatic rings. The predicted molar refractivity (Wildman–Crippen MR) is 80.9 cm³/mol. The second-order valence-corrected chi connectivity index (χ2v) is 5.65. The quantitative estimate of drug-likeness (QED) is 0.651. The number of thiophene rings is 1. The van der Waals surface area contributed by atoms with Gasteiger partial charge in [0.15, 0.2) is 0 Å². The molecule has 0 aliphatic carbocycles. The molecule has 5 heteroatoms. The highest BCUT2D eigenvalue weighted by atomic mass is 32.1. The molecule has 0 bridgehead atoms. The van der Waals surface area contributed by atoms with E-state index in [0.29, 0.717) is 11.6 Å². The van der Waals surface area contributed by atoms with Gasteiger partial charge in [-0.1, -0.05) is 6.07 Å². The molecule has 4 nitrogen and oxygen atoms in total. The normalized spacial score (nSPS) is 10.7. The molecule has 19 heavy (non-hydrogen) atoms. The number of pyridine rings is 1. The van der Waals surface area contributed by atoms with Gasteiger partial charge in [-0.2, -0.15) is 0 Å². The van der Waals surface area contributed by atoms with Crippen LogP contribution in [0.4, 0.5) is 5.82 Å². The number of anilines is 1. The molecule has 0 atom stereocenters. The first kappa shape index (κ1) is 13.5. The van der Waals surface area contributed by atoms with Crippen molar-refractivity contribution in [3.05, 3.63) is 46.3 Å². The highest BCUT2D eigenvalue weighted by Gasteiger charge is 2.14. The zero-order chi connectivity index (χ0) is 13.8. The highest BCUT2D eigenvalue weighted by molar-refractivity contribution is 7.09. The summed E-state index contributed by atoms with van der Waals surface area (Å²) in [6.45, 7) is 5.09. The van der Waals surface area contributed by atoms with E-state index in [2.05, 4.69) is 41.2 Å². The Morgan fingerprint density at radius 1 is 1.47 bits per heavy atom. The molecule has 0 aliphatic heterocycles. The van der Waals surface area contributed by atoms with Crippen LogP contribution in [0.1, 0.15) is 24.3 Å². The van der Waals surface area contributed by atoms with Gasteiger partial charge in [0, 0.05) is 22.7 Å². The van der Waals surface area contributed by atoms with Crippen LogP contribution < -0.4 is 10.6 Å². The Bertz CT molecular complexity index is 548. The number of nitrogens with one attached hydrogen (secondary N) is 1. The number of hydrogen-bond donors (Lipinski definition) is 2. The number of nitrogens with zero attached hydrogens (tertiary/aromatic N) is 2. The van der Waals surface area contributed by atoms with Gasteiger partial charge in [0.2, 0.25) is 0 Å². The first-order valence-electron chi connectivity index (χ1n) is 6.17. The maximum Gasteiger partial charge on any atom is 0.129 e. The zero-order valence-corrected chi connectivity index (χ0v) is 11.9. The minimum atomic E-state index is 0.0727. The van der Waals surface area contributed by atoms with E-state index in [1.165, 1.54) is 4.88 Å². The number of hydrogen-bond acceptors (Lipinski definition) is 4. The monoisotopic (exact) mass is 274 g/mol. The molecule has 0 aliphatic rings. The lowest BCUT2D eigenvalue weighted by Crippen LogP contribution is -2.30. The number of nitrogen functional groups attached to an aromatic ring is 1. The molecule has 0 radical (unpaired) electrons. The first-order valence-corrected chi connectivity index (χ1v) is 7.05. The molecule has 2 rings (SSSR count). The maximum absolute atomic E-state index is 7.51. The number of amidine groups is 1. The van der Waals surface area contributed by atoms with Crippen LogP contribution in [0.15, 0.2) is 35.8 Å². The Hall–Kier alpha value is -1.88. The highest BCUT2D eigenvalue weighted by Crippen LogP contribution is 2.20. The SMILES string of the molecule is CC(C)N(Cc1cccs1)c1cc(C(=N)N)ccn1. The summed E-state index contributed by atoms with van der Waals surface area (Å²) in [5.74, 6) is 0.930. The summed E-state index contributed by atoms with van der Waals surface area (Å²) >= 11 is 1.74. The summed E-state index contributed by atoms with van der Waals surface area (Å²) < 4.78 is 0. The fourth-order valence-corrected chi connectivity index (χ4v) is 2.54. The third kappa shape index (κ3) is 3.32. The van der Waals surface area contributed by atoms with Gasteiger partial charge in [-0.15, -0.1) is 11.3 Å². The topological polar surface area (TPSA) is 66.0 Å². The van der Waals surface area contributed by atoms with Crippen LogP contribution in [-0.4, -0.2) is 16.9 Å². The Balaban J connectivity index is 2.28. The second kappa shape index (κ2) is 5.84. The van der Waals surface area contributed by atoms with E-state index < -0.39 is 0 Å². The van der Waals surface area contributed by atoms with Gasteiger partial charge < -0.3 is 10.6 Å². The van der Waals surface area contributed by atoms with E-state index in [-0.39, 0.29) is 5.84 Å².